The molecule has 62 valence electrons. The van der Waals surface area contributed by atoms with Crippen molar-refractivity contribution in [1.29, 1.82) is 0 Å². The summed E-state index contributed by atoms with van der Waals surface area (Å²) in [7, 11) is 0. The number of hydrogen-bond donors (Lipinski definition) is 0. The number of aldehydes is 1. The SMILES string of the molecule is C=Cc1cc(F)c(C=O)c(F)c1. The van der Waals surface area contributed by atoms with E-state index < -0.39 is 17.2 Å². The van der Waals surface area contributed by atoms with Crippen LogP contribution in [0.2, 0.25) is 0 Å². The largest absolute Gasteiger partial charge is 0.298 e. The van der Waals surface area contributed by atoms with E-state index in [2.05, 4.69) is 6.58 Å². The molecule has 0 N–H and O–H groups in total. The molecule has 0 aromatic heterocycles. The van der Waals surface area contributed by atoms with Crippen LogP contribution in [0.15, 0.2) is 18.7 Å². The number of rotatable bonds is 2. The maximum atomic E-state index is 12.8. The molecule has 1 aromatic carbocycles. The molecule has 0 fully saturated rings. The van der Waals surface area contributed by atoms with Gasteiger partial charge in [0.25, 0.3) is 0 Å². The number of carbonyl (C=O) groups excluding carboxylic acids is 1. The standard InChI is InChI=1S/C9H6F2O/c1-2-6-3-8(10)7(5-12)9(11)4-6/h2-5H,1H2. The zero-order chi connectivity index (χ0) is 9.14. The number of benzene rings is 1. The van der Waals surface area contributed by atoms with Gasteiger partial charge in [0.15, 0.2) is 6.29 Å². The minimum atomic E-state index is -0.861. The summed E-state index contributed by atoms with van der Waals surface area (Å²) in [6, 6.07) is 2.11. The molecule has 0 bridgehead atoms. The molecular formula is C9H6F2O. The Labute approximate surface area is 68.3 Å². The van der Waals surface area contributed by atoms with Gasteiger partial charge in [-0.2, -0.15) is 0 Å². The van der Waals surface area contributed by atoms with Crippen LogP contribution < -0.4 is 0 Å². The third-order valence-electron chi connectivity index (χ3n) is 1.45. The molecule has 0 unspecified atom stereocenters. The van der Waals surface area contributed by atoms with Crippen LogP contribution in [-0.4, -0.2) is 6.29 Å². The van der Waals surface area contributed by atoms with E-state index >= 15 is 0 Å². The highest BCUT2D eigenvalue weighted by atomic mass is 19.1. The molecular weight excluding hydrogens is 162 g/mol. The third kappa shape index (κ3) is 1.39. The Balaban J connectivity index is 3.36. The monoisotopic (exact) mass is 168 g/mol. The second-order valence-electron chi connectivity index (χ2n) is 2.22. The molecule has 3 heteroatoms. The third-order valence-corrected chi connectivity index (χ3v) is 1.45. The average Bonchev–Trinajstić information content (AvgIpc) is 2.03. The first-order valence-electron chi connectivity index (χ1n) is 3.25. The summed E-state index contributed by atoms with van der Waals surface area (Å²) in [6.07, 6.45) is 1.46. The highest BCUT2D eigenvalue weighted by molar-refractivity contribution is 5.76. The van der Waals surface area contributed by atoms with E-state index in [1.165, 1.54) is 6.08 Å². The van der Waals surface area contributed by atoms with Crippen LogP contribution in [-0.2, 0) is 0 Å². The van der Waals surface area contributed by atoms with Gasteiger partial charge in [0.05, 0.1) is 5.56 Å². The molecule has 0 radical (unpaired) electrons. The van der Waals surface area contributed by atoms with Crippen molar-refractivity contribution in [3.05, 3.63) is 41.5 Å². The summed E-state index contributed by atoms with van der Waals surface area (Å²) in [5.41, 5.74) is -0.226. The summed E-state index contributed by atoms with van der Waals surface area (Å²) in [4.78, 5) is 10.1. The second-order valence-corrected chi connectivity index (χ2v) is 2.22. The van der Waals surface area contributed by atoms with Crippen LogP contribution >= 0.6 is 0 Å². The Hall–Kier alpha value is -1.51. The molecule has 0 heterocycles. The van der Waals surface area contributed by atoms with E-state index in [-0.39, 0.29) is 6.29 Å². The highest BCUT2D eigenvalue weighted by Gasteiger charge is 2.08. The Morgan fingerprint density at radius 1 is 1.25 bits per heavy atom. The molecule has 1 nitrogen and oxygen atoms in total. The maximum Gasteiger partial charge on any atom is 0.155 e. The van der Waals surface area contributed by atoms with E-state index in [4.69, 9.17) is 0 Å². The highest BCUT2D eigenvalue weighted by Crippen LogP contribution is 2.13. The molecule has 0 atom stereocenters. The summed E-state index contributed by atoms with van der Waals surface area (Å²) >= 11 is 0. The van der Waals surface area contributed by atoms with Gasteiger partial charge < -0.3 is 0 Å². The minimum Gasteiger partial charge on any atom is -0.298 e. The number of halogens is 2. The van der Waals surface area contributed by atoms with Gasteiger partial charge >= 0.3 is 0 Å². The smallest absolute Gasteiger partial charge is 0.155 e. The van der Waals surface area contributed by atoms with Crippen LogP contribution in [0.25, 0.3) is 6.08 Å². The molecule has 0 aliphatic rings. The molecule has 0 amide bonds. The lowest BCUT2D eigenvalue weighted by Gasteiger charge is -1.98. The summed E-state index contributed by atoms with van der Waals surface area (Å²) in [5, 5.41) is 0. The van der Waals surface area contributed by atoms with E-state index in [1.807, 2.05) is 0 Å². The van der Waals surface area contributed by atoms with Gasteiger partial charge in [-0.15, -0.1) is 0 Å². The molecule has 0 aliphatic carbocycles. The van der Waals surface area contributed by atoms with Crippen LogP contribution in [0.1, 0.15) is 15.9 Å². The fourth-order valence-electron chi connectivity index (χ4n) is 0.834. The fourth-order valence-corrected chi connectivity index (χ4v) is 0.834. The molecule has 0 saturated heterocycles. The first kappa shape index (κ1) is 8.59. The summed E-state index contributed by atoms with van der Waals surface area (Å²) in [5.74, 6) is -1.72. The first-order valence-corrected chi connectivity index (χ1v) is 3.25. The predicted octanol–water partition coefficient (Wildman–Crippen LogP) is 2.42. The Morgan fingerprint density at radius 3 is 2.08 bits per heavy atom. The molecule has 0 saturated carbocycles. The second kappa shape index (κ2) is 3.26. The van der Waals surface area contributed by atoms with E-state index in [0.29, 0.717) is 5.56 Å². The maximum absolute atomic E-state index is 12.8. The summed E-state index contributed by atoms with van der Waals surface area (Å²) < 4.78 is 25.6. The zero-order valence-electron chi connectivity index (χ0n) is 6.18. The van der Waals surface area contributed by atoms with E-state index in [9.17, 15) is 13.6 Å². The molecule has 0 spiro atoms. The Morgan fingerprint density at radius 2 is 1.75 bits per heavy atom. The van der Waals surface area contributed by atoms with Crippen molar-refractivity contribution in [3.63, 3.8) is 0 Å². The lowest BCUT2D eigenvalue weighted by atomic mass is 10.1. The van der Waals surface area contributed by atoms with Crippen molar-refractivity contribution in [2.24, 2.45) is 0 Å². The Kier molecular flexibility index (Phi) is 2.33. The summed E-state index contributed by atoms with van der Waals surface area (Å²) in [6.45, 7) is 3.35. The average molecular weight is 168 g/mol. The van der Waals surface area contributed by atoms with Crippen molar-refractivity contribution in [3.8, 4) is 0 Å². The minimum absolute atomic E-state index is 0.150. The zero-order valence-corrected chi connectivity index (χ0v) is 6.18. The fraction of sp³-hybridized carbons (Fsp3) is 0. The molecule has 0 aliphatic heterocycles. The van der Waals surface area contributed by atoms with Crippen molar-refractivity contribution in [2.45, 2.75) is 0 Å². The van der Waals surface area contributed by atoms with Gasteiger partial charge in [-0.25, -0.2) is 8.78 Å². The van der Waals surface area contributed by atoms with Crippen LogP contribution in [0, 0.1) is 11.6 Å². The van der Waals surface area contributed by atoms with Gasteiger partial charge in [0.2, 0.25) is 0 Å². The quantitative estimate of drug-likeness (QED) is 0.620. The van der Waals surface area contributed by atoms with E-state index in [1.54, 1.807) is 0 Å². The van der Waals surface area contributed by atoms with Crippen molar-refractivity contribution in [1.82, 2.24) is 0 Å². The van der Waals surface area contributed by atoms with Crippen LogP contribution in [0.5, 0.6) is 0 Å². The van der Waals surface area contributed by atoms with Crippen molar-refractivity contribution in [2.75, 3.05) is 0 Å². The normalized spacial score (nSPS) is 9.50. The molecule has 12 heavy (non-hydrogen) atoms. The van der Waals surface area contributed by atoms with Crippen LogP contribution in [0.4, 0.5) is 8.78 Å². The van der Waals surface area contributed by atoms with Gasteiger partial charge in [0, 0.05) is 0 Å². The molecule has 1 rings (SSSR count). The van der Waals surface area contributed by atoms with Crippen LogP contribution in [0.3, 0.4) is 0 Å². The van der Waals surface area contributed by atoms with Crippen molar-refractivity contribution < 1.29 is 13.6 Å². The Bertz CT molecular complexity index is 308. The van der Waals surface area contributed by atoms with Gasteiger partial charge in [-0.1, -0.05) is 12.7 Å². The number of hydrogen-bond acceptors (Lipinski definition) is 1. The predicted molar refractivity (Wildman–Crippen MR) is 41.8 cm³/mol. The number of carbonyl (C=O) groups is 1. The molecule has 1 aromatic rings. The lowest BCUT2D eigenvalue weighted by Crippen LogP contribution is -1.94. The first-order chi connectivity index (χ1) is 5.69. The van der Waals surface area contributed by atoms with E-state index in [0.717, 1.165) is 12.1 Å². The van der Waals surface area contributed by atoms with Gasteiger partial charge in [-0.05, 0) is 17.7 Å². The van der Waals surface area contributed by atoms with Crippen molar-refractivity contribution >= 4 is 12.4 Å². The lowest BCUT2D eigenvalue weighted by molar-refractivity contribution is 0.111. The van der Waals surface area contributed by atoms with Gasteiger partial charge in [0.1, 0.15) is 11.6 Å². The van der Waals surface area contributed by atoms with Gasteiger partial charge in [-0.3, -0.25) is 4.79 Å². The topological polar surface area (TPSA) is 17.1 Å².